The first-order valence-corrected chi connectivity index (χ1v) is 9.67. The highest BCUT2D eigenvalue weighted by molar-refractivity contribution is 8.01. The summed E-state index contributed by atoms with van der Waals surface area (Å²) in [5, 5.41) is 15.5. The van der Waals surface area contributed by atoms with E-state index in [0.717, 1.165) is 18.7 Å². The van der Waals surface area contributed by atoms with Gasteiger partial charge >= 0.3 is 5.97 Å². The van der Waals surface area contributed by atoms with Crippen molar-refractivity contribution in [1.29, 1.82) is 0 Å². The van der Waals surface area contributed by atoms with E-state index in [4.69, 9.17) is 0 Å². The average molecular weight is 375 g/mol. The molecule has 1 aromatic rings. The maximum Gasteiger partial charge on any atom is 0.327 e. The minimum Gasteiger partial charge on any atom is -0.480 e. The molecule has 8 heteroatoms. The standard InChI is InChI=1S/C18H21N3O4S/c22-12(10-11-4-2-1-3-5-11)20-13-15(23)21-14(17(24)25)18(26-16(13)21)6-8-19-9-7-18/h1-5,13-14,16,19H,6-10H2,(H,20,22)(H,24,25). The first kappa shape index (κ1) is 17.4. The summed E-state index contributed by atoms with van der Waals surface area (Å²) in [5.74, 6) is -1.45. The number of benzene rings is 1. The molecule has 0 aliphatic carbocycles. The van der Waals surface area contributed by atoms with Gasteiger partial charge in [-0.2, -0.15) is 0 Å². The van der Waals surface area contributed by atoms with Gasteiger partial charge in [0.1, 0.15) is 17.5 Å². The van der Waals surface area contributed by atoms with Crippen LogP contribution in [0.3, 0.4) is 0 Å². The monoisotopic (exact) mass is 375 g/mol. The molecule has 26 heavy (non-hydrogen) atoms. The number of carbonyl (C=O) groups is 3. The number of amides is 2. The smallest absolute Gasteiger partial charge is 0.327 e. The summed E-state index contributed by atoms with van der Waals surface area (Å²) < 4.78 is -0.462. The number of aliphatic carboxylic acids is 1. The number of nitrogens with zero attached hydrogens (tertiary/aromatic N) is 1. The minimum absolute atomic E-state index is 0.208. The Labute approximate surface area is 155 Å². The van der Waals surface area contributed by atoms with Crippen LogP contribution in [0.5, 0.6) is 0 Å². The van der Waals surface area contributed by atoms with E-state index in [2.05, 4.69) is 10.6 Å². The van der Waals surface area contributed by atoms with Gasteiger partial charge in [0.15, 0.2) is 0 Å². The molecule has 1 aromatic carbocycles. The molecule has 3 fully saturated rings. The van der Waals surface area contributed by atoms with Crippen molar-refractivity contribution in [2.75, 3.05) is 13.1 Å². The largest absolute Gasteiger partial charge is 0.480 e. The minimum atomic E-state index is -0.954. The number of fused-ring (bicyclic) bond motifs is 1. The van der Waals surface area contributed by atoms with Gasteiger partial charge < -0.3 is 20.6 Å². The summed E-state index contributed by atoms with van der Waals surface area (Å²) in [6.45, 7) is 1.49. The summed E-state index contributed by atoms with van der Waals surface area (Å²) in [7, 11) is 0. The van der Waals surface area contributed by atoms with Crippen LogP contribution < -0.4 is 10.6 Å². The Morgan fingerprint density at radius 2 is 1.96 bits per heavy atom. The number of carboxylic acid groups (broad SMARTS) is 1. The van der Waals surface area contributed by atoms with E-state index < -0.39 is 22.8 Å². The molecule has 4 rings (SSSR count). The molecule has 3 unspecified atom stereocenters. The van der Waals surface area contributed by atoms with Gasteiger partial charge in [-0.05, 0) is 31.5 Å². The number of hydrogen-bond donors (Lipinski definition) is 3. The van der Waals surface area contributed by atoms with Crippen LogP contribution in [-0.4, -0.2) is 63.1 Å². The Morgan fingerprint density at radius 1 is 1.27 bits per heavy atom. The zero-order chi connectivity index (χ0) is 18.3. The lowest BCUT2D eigenvalue weighted by molar-refractivity contribution is -0.161. The summed E-state index contributed by atoms with van der Waals surface area (Å²) >= 11 is 1.55. The molecule has 3 atom stereocenters. The molecule has 0 bridgehead atoms. The van der Waals surface area contributed by atoms with Gasteiger partial charge in [0.2, 0.25) is 11.8 Å². The fraction of sp³-hybridized carbons (Fsp3) is 0.500. The summed E-state index contributed by atoms with van der Waals surface area (Å²) in [4.78, 5) is 38.2. The molecule has 2 amide bonds. The second-order valence-corrected chi connectivity index (χ2v) is 8.55. The first-order chi connectivity index (χ1) is 12.5. The maximum atomic E-state index is 12.6. The number of carboxylic acids is 1. The molecule has 0 saturated carbocycles. The number of carbonyl (C=O) groups excluding carboxylic acids is 2. The van der Waals surface area contributed by atoms with Crippen LogP contribution in [0.25, 0.3) is 0 Å². The van der Waals surface area contributed by atoms with Crippen LogP contribution in [0, 0.1) is 0 Å². The number of thioether (sulfide) groups is 1. The molecule has 0 aromatic heterocycles. The van der Waals surface area contributed by atoms with Gasteiger partial charge in [-0.3, -0.25) is 9.59 Å². The van der Waals surface area contributed by atoms with Gasteiger partial charge in [-0.1, -0.05) is 30.3 Å². The highest BCUT2D eigenvalue weighted by atomic mass is 32.2. The van der Waals surface area contributed by atoms with Gasteiger partial charge in [0, 0.05) is 0 Å². The van der Waals surface area contributed by atoms with Crippen LogP contribution in [0.4, 0.5) is 0 Å². The molecular formula is C18H21N3O4S. The molecule has 3 aliphatic rings. The molecule has 1 spiro atoms. The fourth-order valence-electron chi connectivity index (χ4n) is 4.17. The van der Waals surface area contributed by atoms with Crippen LogP contribution in [-0.2, 0) is 20.8 Å². The van der Waals surface area contributed by atoms with E-state index in [1.165, 1.54) is 4.90 Å². The number of rotatable bonds is 4. The molecule has 7 nitrogen and oxygen atoms in total. The third kappa shape index (κ3) is 2.77. The zero-order valence-corrected chi connectivity index (χ0v) is 15.0. The van der Waals surface area contributed by atoms with E-state index in [0.29, 0.717) is 12.8 Å². The Kier molecular flexibility index (Phi) is 4.40. The quantitative estimate of drug-likeness (QED) is 0.651. The Morgan fingerprint density at radius 3 is 2.62 bits per heavy atom. The fourth-order valence-corrected chi connectivity index (χ4v) is 6.09. The highest BCUT2D eigenvalue weighted by Crippen LogP contribution is 2.54. The van der Waals surface area contributed by atoms with Crippen LogP contribution >= 0.6 is 11.8 Å². The topological polar surface area (TPSA) is 98.7 Å². The third-order valence-corrected chi connectivity index (χ3v) is 7.26. The Hall–Kier alpha value is -2.06. The molecule has 3 N–H and O–H groups in total. The molecule has 3 aliphatic heterocycles. The van der Waals surface area contributed by atoms with Crippen LogP contribution in [0.2, 0.25) is 0 Å². The lowest BCUT2D eigenvalue weighted by atomic mass is 9.86. The predicted octanol–water partition coefficient (Wildman–Crippen LogP) is 0.204. The van der Waals surface area contributed by atoms with E-state index in [9.17, 15) is 19.5 Å². The zero-order valence-electron chi connectivity index (χ0n) is 14.2. The highest BCUT2D eigenvalue weighted by Gasteiger charge is 2.66. The van der Waals surface area contributed by atoms with Crippen LogP contribution in [0.15, 0.2) is 30.3 Å². The predicted molar refractivity (Wildman–Crippen MR) is 96.6 cm³/mol. The van der Waals surface area contributed by atoms with Gasteiger partial charge in [-0.15, -0.1) is 11.8 Å². The van der Waals surface area contributed by atoms with Gasteiger partial charge in [-0.25, -0.2) is 4.79 Å². The number of hydrogen-bond acceptors (Lipinski definition) is 5. The molecule has 138 valence electrons. The third-order valence-electron chi connectivity index (χ3n) is 5.42. The summed E-state index contributed by atoms with van der Waals surface area (Å²) in [5.41, 5.74) is 0.881. The lowest BCUT2D eigenvalue weighted by Crippen LogP contribution is -2.71. The average Bonchev–Trinajstić information content (AvgIpc) is 2.92. The van der Waals surface area contributed by atoms with Crippen molar-refractivity contribution in [3.05, 3.63) is 35.9 Å². The van der Waals surface area contributed by atoms with E-state index >= 15 is 0 Å². The van der Waals surface area contributed by atoms with E-state index in [1.807, 2.05) is 30.3 Å². The Balaban J connectivity index is 1.47. The number of nitrogens with one attached hydrogen (secondary N) is 2. The van der Waals surface area contributed by atoms with Crippen LogP contribution in [0.1, 0.15) is 18.4 Å². The van der Waals surface area contributed by atoms with Crippen molar-refractivity contribution in [2.24, 2.45) is 0 Å². The van der Waals surface area contributed by atoms with Crippen molar-refractivity contribution in [2.45, 2.75) is 41.5 Å². The van der Waals surface area contributed by atoms with Crippen molar-refractivity contribution in [1.82, 2.24) is 15.5 Å². The van der Waals surface area contributed by atoms with Crippen molar-refractivity contribution >= 4 is 29.5 Å². The summed E-state index contributed by atoms with van der Waals surface area (Å²) in [6.07, 6.45) is 1.62. The molecule has 3 saturated heterocycles. The SMILES string of the molecule is O=C(Cc1ccccc1)NC1C(=O)N2C1SC1(CCNCC1)C2C(=O)O. The molecule has 0 radical (unpaired) electrons. The van der Waals surface area contributed by atoms with E-state index in [-0.39, 0.29) is 23.6 Å². The second-order valence-electron chi connectivity index (χ2n) is 7.02. The number of β-lactam (4-membered cyclic amide) rings is 1. The summed E-state index contributed by atoms with van der Waals surface area (Å²) in [6, 6.07) is 7.90. The van der Waals surface area contributed by atoms with Crippen molar-refractivity contribution in [3.63, 3.8) is 0 Å². The molecular weight excluding hydrogens is 354 g/mol. The van der Waals surface area contributed by atoms with Gasteiger partial charge in [0.25, 0.3) is 0 Å². The Bertz CT molecular complexity index is 735. The van der Waals surface area contributed by atoms with Gasteiger partial charge in [0.05, 0.1) is 11.2 Å². The van der Waals surface area contributed by atoms with E-state index in [1.54, 1.807) is 11.8 Å². The number of piperidine rings is 1. The first-order valence-electron chi connectivity index (χ1n) is 8.79. The lowest BCUT2D eigenvalue weighted by Gasteiger charge is -2.44. The van der Waals surface area contributed by atoms with Crippen molar-refractivity contribution < 1.29 is 19.5 Å². The van der Waals surface area contributed by atoms with Crippen molar-refractivity contribution in [3.8, 4) is 0 Å². The molecule has 3 heterocycles. The normalized spacial score (nSPS) is 29.2. The maximum absolute atomic E-state index is 12.6. The second kappa shape index (κ2) is 6.59.